The van der Waals surface area contributed by atoms with Gasteiger partial charge in [0.25, 0.3) is 0 Å². The molecule has 0 radical (unpaired) electrons. The molecule has 7 heteroatoms. The van der Waals surface area contributed by atoms with Gasteiger partial charge in [-0.05, 0) is 42.6 Å². The molecule has 0 bridgehead atoms. The van der Waals surface area contributed by atoms with Crippen LogP contribution in [0.3, 0.4) is 0 Å². The van der Waals surface area contributed by atoms with Crippen molar-refractivity contribution in [3.63, 3.8) is 0 Å². The lowest BCUT2D eigenvalue weighted by atomic mass is 9.43. The zero-order valence-electron chi connectivity index (χ0n) is 18.3. The number of Topliss-reactive ketones (excluding diaryl/α,β-unsaturated/α-hetero) is 1. The predicted octanol–water partition coefficient (Wildman–Crippen LogP) is 3.64. The Morgan fingerprint density at radius 2 is 2.10 bits per heavy atom. The van der Waals surface area contributed by atoms with Gasteiger partial charge in [0.2, 0.25) is 0 Å². The highest BCUT2D eigenvalue weighted by molar-refractivity contribution is 5.92. The van der Waals surface area contributed by atoms with Crippen molar-refractivity contribution in [2.24, 2.45) is 28.6 Å². The Hall–Kier alpha value is -2.41. The van der Waals surface area contributed by atoms with E-state index in [9.17, 15) is 14.4 Å². The van der Waals surface area contributed by atoms with E-state index in [4.69, 9.17) is 18.6 Å². The summed E-state index contributed by atoms with van der Waals surface area (Å²) in [6, 6.07) is 1.78. The molecule has 0 aromatic carbocycles. The molecule has 1 unspecified atom stereocenters. The average Bonchev–Trinajstić information content (AvgIpc) is 3.26. The van der Waals surface area contributed by atoms with Crippen LogP contribution < -0.4 is 0 Å². The summed E-state index contributed by atoms with van der Waals surface area (Å²) in [5.41, 5.74) is -0.529. The summed E-state index contributed by atoms with van der Waals surface area (Å²) in [4.78, 5) is 39.7. The largest absolute Gasteiger partial charge is 0.472 e. The molecule has 2 heterocycles. The van der Waals surface area contributed by atoms with Gasteiger partial charge in [0, 0.05) is 11.5 Å². The number of esters is 2. The van der Waals surface area contributed by atoms with Crippen LogP contribution in [0.1, 0.15) is 51.2 Å². The molecule has 1 aliphatic heterocycles. The van der Waals surface area contributed by atoms with Gasteiger partial charge < -0.3 is 18.6 Å². The number of carbonyl (C=O) groups is 3. The first-order valence-corrected chi connectivity index (χ1v) is 10.8. The third kappa shape index (κ3) is 3.34. The Balaban J connectivity index is 1.78. The fourth-order valence-corrected chi connectivity index (χ4v) is 6.49. The molecule has 2 aliphatic carbocycles. The molecule has 1 aromatic rings. The van der Waals surface area contributed by atoms with Gasteiger partial charge >= 0.3 is 11.9 Å². The lowest BCUT2D eigenvalue weighted by Crippen LogP contribution is -2.64. The van der Waals surface area contributed by atoms with E-state index >= 15 is 0 Å². The first-order chi connectivity index (χ1) is 14.8. The molecule has 7 nitrogen and oxygen atoms in total. The fourth-order valence-electron chi connectivity index (χ4n) is 6.49. The molecule has 1 saturated heterocycles. The van der Waals surface area contributed by atoms with Gasteiger partial charge in [-0.15, -0.1) is 6.58 Å². The number of methoxy groups -OCH3 is 1. The van der Waals surface area contributed by atoms with E-state index in [2.05, 4.69) is 6.58 Å². The van der Waals surface area contributed by atoms with Crippen molar-refractivity contribution in [2.45, 2.75) is 51.7 Å². The molecule has 2 saturated carbocycles. The van der Waals surface area contributed by atoms with E-state index < -0.39 is 40.8 Å². The number of cyclic esters (lactones) is 1. The standard InChI is InChI=1S/C24H30O7/c1-5-9-30-17-11-16(21(26)28-4)23(2)8-6-15-22(27)31-18(14-7-10-29-13-14)12-24(15,3)20(23)19(17)25/h5,7,10,13,15-18,20H,1,6,8-9,11-12H2,2-4H3/t15?,16-,17-,18+,20-,23-,24-/m0/s1. The smallest absolute Gasteiger partial charge is 0.310 e. The second-order valence-electron chi connectivity index (χ2n) is 9.55. The minimum atomic E-state index is -0.735. The second kappa shape index (κ2) is 7.93. The van der Waals surface area contributed by atoms with Gasteiger partial charge in [-0.1, -0.05) is 19.9 Å². The van der Waals surface area contributed by atoms with Crippen LogP contribution in [0.15, 0.2) is 35.7 Å². The summed E-state index contributed by atoms with van der Waals surface area (Å²) in [5, 5.41) is 0. The highest BCUT2D eigenvalue weighted by Gasteiger charge is 2.67. The number of carbonyl (C=O) groups excluding carboxylic acids is 3. The highest BCUT2D eigenvalue weighted by Crippen LogP contribution is 2.65. The number of hydrogen-bond donors (Lipinski definition) is 0. The number of ketones is 1. The first kappa shape index (κ1) is 21.8. The number of rotatable bonds is 5. The van der Waals surface area contributed by atoms with Crippen LogP contribution in [-0.4, -0.2) is 37.5 Å². The molecule has 3 fully saturated rings. The minimum absolute atomic E-state index is 0.0441. The van der Waals surface area contributed by atoms with Gasteiger partial charge in [-0.2, -0.15) is 0 Å². The van der Waals surface area contributed by atoms with Crippen molar-refractivity contribution < 1.29 is 33.0 Å². The zero-order valence-corrected chi connectivity index (χ0v) is 18.3. The van der Waals surface area contributed by atoms with E-state index in [-0.39, 0.29) is 30.7 Å². The third-order valence-corrected chi connectivity index (χ3v) is 7.92. The van der Waals surface area contributed by atoms with Gasteiger partial charge in [0.15, 0.2) is 5.78 Å². The monoisotopic (exact) mass is 430 g/mol. The van der Waals surface area contributed by atoms with Crippen LogP contribution in [0.25, 0.3) is 0 Å². The van der Waals surface area contributed by atoms with E-state index in [0.717, 1.165) is 5.56 Å². The summed E-state index contributed by atoms with van der Waals surface area (Å²) in [5.74, 6) is -2.10. The molecule has 0 amide bonds. The molecule has 1 aromatic heterocycles. The summed E-state index contributed by atoms with van der Waals surface area (Å²) < 4.78 is 21.9. The van der Waals surface area contributed by atoms with Gasteiger partial charge in [0.05, 0.1) is 38.1 Å². The average molecular weight is 430 g/mol. The van der Waals surface area contributed by atoms with Crippen molar-refractivity contribution in [1.29, 1.82) is 0 Å². The summed E-state index contributed by atoms with van der Waals surface area (Å²) in [7, 11) is 1.37. The van der Waals surface area contributed by atoms with Crippen LogP contribution in [0.4, 0.5) is 0 Å². The lowest BCUT2D eigenvalue weighted by Gasteiger charge is -2.61. The summed E-state index contributed by atoms with van der Waals surface area (Å²) in [6.45, 7) is 7.87. The quantitative estimate of drug-likeness (QED) is 0.520. The Morgan fingerprint density at radius 1 is 1.32 bits per heavy atom. The summed E-state index contributed by atoms with van der Waals surface area (Å²) >= 11 is 0. The third-order valence-electron chi connectivity index (χ3n) is 7.92. The number of ether oxygens (including phenoxy) is 3. The SMILES string of the molecule is C=CCO[C@H]1C[C@@H](C(=O)OC)[C@]2(C)CCC3C(=O)O[C@@H](c4ccoc4)C[C@]3(C)[C@H]2C1=O. The molecule has 168 valence electrons. The number of furan rings is 1. The molecule has 3 aliphatic rings. The van der Waals surface area contributed by atoms with Crippen molar-refractivity contribution >= 4 is 17.7 Å². The van der Waals surface area contributed by atoms with E-state index in [1.54, 1.807) is 24.7 Å². The van der Waals surface area contributed by atoms with Gasteiger partial charge in [0.1, 0.15) is 12.2 Å². The van der Waals surface area contributed by atoms with Gasteiger partial charge in [-0.3, -0.25) is 14.4 Å². The topological polar surface area (TPSA) is 92.0 Å². The van der Waals surface area contributed by atoms with Crippen LogP contribution in [0.2, 0.25) is 0 Å². The lowest BCUT2D eigenvalue weighted by molar-refractivity contribution is -0.209. The maximum absolute atomic E-state index is 13.8. The summed E-state index contributed by atoms with van der Waals surface area (Å²) in [6.07, 6.45) is 5.38. The van der Waals surface area contributed by atoms with Crippen molar-refractivity contribution in [1.82, 2.24) is 0 Å². The van der Waals surface area contributed by atoms with Gasteiger partial charge in [-0.25, -0.2) is 0 Å². The fraction of sp³-hybridized carbons (Fsp3) is 0.625. The second-order valence-corrected chi connectivity index (χ2v) is 9.55. The Bertz CT molecular complexity index is 874. The maximum atomic E-state index is 13.8. The van der Waals surface area contributed by atoms with Crippen molar-refractivity contribution in [3.05, 3.63) is 36.8 Å². The molecular weight excluding hydrogens is 400 g/mol. The van der Waals surface area contributed by atoms with Crippen molar-refractivity contribution in [2.75, 3.05) is 13.7 Å². The Morgan fingerprint density at radius 3 is 2.74 bits per heavy atom. The molecular formula is C24H30O7. The minimum Gasteiger partial charge on any atom is -0.472 e. The van der Waals surface area contributed by atoms with Crippen LogP contribution >= 0.6 is 0 Å². The maximum Gasteiger partial charge on any atom is 0.310 e. The normalized spacial score (nSPS) is 39.8. The first-order valence-electron chi connectivity index (χ1n) is 10.8. The van der Waals surface area contributed by atoms with Crippen LogP contribution in [0, 0.1) is 28.6 Å². The number of fused-ring (bicyclic) bond motifs is 3. The molecule has 0 spiro atoms. The Labute approximate surface area is 182 Å². The Kier molecular flexibility index (Phi) is 5.58. The van der Waals surface area contributed by atoms with Crippen LogP contribution in [0.5, 0.6) is 0 Å². The van der Waals surface area contributed by atoms with E-state index in [1.165, 1.54) is 7.11 Å². The van der Waals surface area contributed by atoms with E-state index in [1.807, 2.05) is 13.8 Å². The zero-order chi connectivity index (χ0) is 22.4. The number of hydrogen-bond acceptors (Lipinski definition) is 7. The van der Waals surface area contributed by atoms with Crippen LogP contribution in [-0.2, 0) is 28.6 Å². The molecule has 0 N–H and O–H groups in total. The highest BCUT2D eigenvalue weighted by atomic mass is 16.5. The van der Waals surface area contributed by atoms with E-state index in [0.29, 0.717) is 19.3 Å². The van der Waals surface area contributed by atoms with Crippen molar-refractivity contribution in [3.8, 4) is 0 Å². The predicted molar refractivity (Wildman–Crippen MR) is 110 cm³/mol. The molecule has 7 atom stereocenters. The molecule has 31 heavy (non-hydrogen) atoms. The molecule has 4 rings (SSSR count).